The van der Waals surface area contributed by atoms with Crippen LogP contribution in [0.5, 0.6) is 5.75 Å². The zero-order valence-electron chi connectivity index (χ0n) is 10.9. The minimum absolute atomic E-state index is 0.822. The first-order valence-electron chi connectivity index (χ1n) is 6.05. The van der Waals surface area contributed by atoms with Crippen LogP contribution in [0.2, 0.25) is 0 Å². The Morgan fingerprint density at radius 2 is 2.21 bits per heavy atom. The number of aryl methyl sites for hydroxylation is 1. The Morgan fingerprint density at radius 3 is 2.89 bits per heavy atom. The van der Waals surface area contributed by atoms with Gasteiger partial charge in [-0.15, -0.1) is 10.2 Å². The average molecular weight is 342 g/mol. The van der Waals surface area contributed by atoms with Crippen LogP contribution in [0.4, 0.5) is 0 Å². The van der Waals surface area contributed by atoms with Gasteiger partial charge in [-0.3, -0.25) is 0 Å². The second-order valence-electron chi connectivity index (χ2n) is 4.06. The third kappa shape index (κ3) is 3.75. The molecule has 0 aliphatic rings. The third-order valence-electron chi connectivity index (χ3n) is 2.68. The largest absolute Gasteiger partial charge is 0.496 e. The molecule has 19 heavy (non-hydrogen) atoms. The summed E-state index contributed by atoms with van der Waals surface area (Å²) in [5.74, 6) is 0.822. The fourth-order valence-corrected chi connectivity index (χ4v) is 3.11. The van der Waals surface area contributed by atoms with Crippen molar-refractivity contribution in [1.29, 1.82) is 0 Å². The lowest BCUT2D eigenvalue weighted by atomic mass is 10.2. The normalized spacial score (nSPS) is 10.7. The van der Waals surface area contributed by atoms with Crippen molar-refractivity contribution in [2.24, 2.45) is 0 Å². The van der Waals surface area contributed by atoms with E-state index >= 15 is 0 Å². The molecule has 0 atom stereocenters. The summed E-state index contributed by atoms with van der Waals surface area (Å²) < 4.78 is 6.15. The van der Waals surface area contributed by atoms with E-state index in [0.29, 0.717) is 0 Å². The first-order chi connectivity index (χ1) is 9.24. The molecule has 0 saturated heterocycles. The van der Waals surface area contributed by atoms with E-state index < -0.39 is 0 Å². The number of benzene rings is 1. The number of rotatable bonds is 6. The number of hydrogen-bond acceptors (Lipinski definition) is 5. The van der Waals surface area contributed by atoms with Crippen LogP contribution >= 0.6 is 27.3 Å². The van der Waals surface area contributed by atoms with Gasteiger partial charge in [0.1, 0.15) is 15.8 Å². The van der Waals surface area contributed by atoms with E-state index in [0.717, 1.165) is 45.2 Å². The lowest BCUT2D eigenvalue weighted by Gasteiger charge is -2.03. The molecule has 0 radical (unpaired) electrons. The van der Waals surface area contributed by atoms with Crippen molar-refractivity contribution in [3.8, 4) is 16.3 Å². The van der Waals surface area contributed by atoms with Gasteiger partial charge in [-0.1, -0.05) is 11.3 Å². The Hall–Kier alpha value is -0.980. The highest BCUT2D eigenvalue weighted by atomic mass is 79.9. The number of methoxy groups -OCH3 is 1. The van der Waals surface area contributed by atoms with Crippen molar-refractivity contribution >= 4 is 27.3 Å². The van der Waals surface area contributed by atoms with Gasteiger partial charge in [0.25, 0.3) is 0 Å². The standard InChI is InChI=1S/C13H16BrN3OS/c1-15-7-3-4-12-16-17-13(19-12)9-5-6-11(18-2)10(14)8-9/h5-6,8,15H,3-4,7H2,1-2H3. The van der Waals surface area contributed by atoms with E-state index in [2.05, 4.69) is 31.4 Å². The van der Waals surface area contributed by atoms with E-state index in [9.17, 15) is 0 Å². The van der Waals surface area contributed by atoms with E-state index in [-0.39, 0.29) is 0 Å². The summed E-state index contributed by atoms with van der Waals surface area (Å²) in [7, 11) is 3.62. The summed E-state index contributed by atoms with van der Waals surface area (Å²) in [6.45, 7) is 1.00. The molecule has 0 saturated carbocycles. The molecule has 0 amide bonds. The maximum atomic E-state index is 5.22. The van der Waals surface area contributed by atoms with Crippen LogP contribution in [0.1, 0.15) is 11.4 Å². The second-order valence-corrected chi connectivity index (χ2v) is 5.97. The van der Waals surface area contributed by atoms with E-state index in [1.165, 1.54) is 0 Å². The van der Waals surface area contributed by atoms with Gasteiger partial charge in [0.15, 0.2) is 0 Å². The summed E-state index contributed by atoms with van der Waals surface area (Å²) in [6.07, 6.45) is 2.05. The van der Waals surface area contributed by atoms with Crippen LogP contribution in [-0.4, -0.2) is 30.9 Å². The number of aromatic nitrogens is 2. The van der Waals surface area contributed by atoms with Crippen LogP contribution in [-0.2, 0) is 6.42 Å². The van der Waals surface area contributed by atoms with Gasteiger partial charge in [0.05, 0.1) is 11.6 Å². The monoisotopic (exact) mass is 341 g/mol. The third-order valence-corrected chi connectivity index (χ3v) is 4.33. The lowest BCUT2D eigenvalue weighted by Crippen LogP contribution is -2.08. The smallest absolute Gasteiger partial charge is 0.147 e. The zero-order valence-corrected chi connectivity index (χ0v) is 13.3. The average Bonchev–Trinajstić information content (AvgIpc) is 2.88. The number of ether oxygens (including phenoxy) is 1. The first kappa shape index (κ1) is 14.4. The number of halogens is 1. The summed E-state index contributed by atoms with van der Waals surface area (Å²) in [5.41, 5.74) is 1.06. The predicted octanol–water partition coefficient (Wildman–Crippen LogP) is 3.13. The maximum Gasteiger partial charge on any atom is 0.147 e. The Morgan fingerprint density at radius 1 is 1.37 bits per heavy atom. The summed E-state index contributed by atoms with van der Waals surface area (Å²) in [6, 6.07) is 5.94. The van der Waals surface area contributed by atoms with Crippen molar-refractivity contribution in [2.45, 2.75) is 12.8 Å². The molecule has 2 rings (SSSR count). The topological polar surface area (TPSA) is 47.0 Å². The molecule has 0 aliphatic carbocycles. The van der Waals surface area contributed by atoms with E-state index in [1.54, 1.807) is 18.4 Å². The van der Waals surface area contributed by atoms with E-state index in [4.69, 9.17) is 4.74 Å². The molecule has 4 nitrogen and oxygen atoms in total. The molecule has 2 aromatic rings. The zero-order chi connectivity index (χ0) is 13.7. The Balaban J connectivity index is 2.11. The van der Waals surface area contributed by atoms with Gasteiger partial charge in [0, 0.05) is 12.0 Å². The predicted molar refractivity (Wildman–Crippen MR) is 81.8 cm³/mol. The Bertz CT molecular complexity index is 544. The lowest BCUT2D eigenvalue weighted by molar-refractivity contribution is 0.412. The summed E-state index contributed by atoms with van der Waals surface area (Å²) in [4.78, 5) is 0. The van der Waals surface area contributed by atoms with Gasteiger partial charge < -0.3 is 10.1 Å². The van der Waals surface area contributed by atoms with Gasteiger partial charge in [-0.05, 0) is 54.1 Å². The Labute approximate surface area is 125 Å². The molecule has 1 N–H and O–H groups in total. The minimum Gasteiger partial charge on any atom is -0.496 e. The van der Waals surface area contributed by atoms with Crippen LogP contribution < -0.4 is 10.1 Å². The fraction of sp³-hybridized carbons (Fsp3) is 0.385. The van der Waals surface area contributed by atoms with Crippen molar-refractivity contribution in [2.75, 3.05) is 20.7 Å². The molecule has 0 unspecified atom stereocenters. The van der Waals surface area contributed by atoms with Crippen LogP contribution in [0.15, 0.2) is 22.7 Å². The number of nitrogens with one attached hydrogen (secondary N) is 1. The minimum atomic E-state index is 0.822. The van der Waals surface area contributed by atoms with Gasteiger partial charge in [-0.25, -0.2) is 0 Å². The molecule has 0 bridgehead atoms. The van der Waals surface area contributed by atoms with Gasteiger partial charge >= 0.3 is 0 Å². The summed E-state index contributed by atoms with van der Waals surface area (Å²) in [5, 5.41) is 13.6. The highest BCUT2D eigenvalue weighted by molar-refractivity contribution is 9.10. The summed E-state index contributed by atoms with van der Waals surface area (Å²) >= 11 is 5.13. The van der Waals surface area contributed by atoms with Gasteiger partial charge in [-0.2, -0.15) is 0 Å². The van der Waals surface area contributed by atoms with Crippen LogP contribution in [0, 0.1) is 0 Å². The number of nitrogens with zero attached hydrogens (tertiary/aromatic N) is 2. The van der Waals surface area contributed by atoms with Crippen molar-refractivity contribution in [1.82, 2.24) is 15.5 Å². The van der Waals surface area contributed by atoms with Crippen molar-refractivity contribution in [3.63, 3.8) is 0 Å². The number of hydrogen-bond donors (Lipinski definition) is 1. The molecular formula is C13H16BrN3OS. The SMILES string of the molecule is CNCCCc1nnc(-c2ccc(OC)c(Br)c2)s1. The van der Waals surface area contributed by atoms with Crippen molar-refractivity contribution < 1.29 is 4.74 Å². The highest BCUT2D eigenvalue weighted by Gasteiger charge is 2.09. The first-order valence-corrected chi connectivity index (χ1v) is 7.66. The molecule has 1 aromatic heterocycles. The molecule has 6 heteroatoms. The highest BCUT2D eigenvalue weighted by Crippen LogP contribution is 2.31. The fourth-order valence-electron chi connectivity index (χ4n) is 1.69. The maximum absolute atomic E-state index is 5.22. The molecule has 0 spiro atoms. The quantitative estimate of drug-likeness (QED) is 0.820. The molecule has 1 aromatic carbocycles. The molecular weight excluding hydrogens is 326 g/mol. The van der Waals surface area contributed by atoms with Crippen LogP contribution in [0.25, 0.3) is 10.6 Å². The van der Waals surface area contributed by atoms with E-state index in [1.807, 2.05) is 25.2 Å². The van der Waals surface area contributed by atoms with Crippen molar-refractivity contribution in [3.05, 3.63) is 27.7 Å². The Kier molecular flexibility index (Phi) is 5.30. The molecule has 0 fully saturated rings. The molecule has 0 aliphatic heterocycles. The van der Waals surface area contributed by atoms with Crippen LogP contribution in [0.3, 0.4) is 0 Å². The second kappa shape index (κ2) is 6.98. The molecule has 1 heterocycles. The molecule has 102 valence electrons. The van der Waals surface area contributed by atoms with Gasteiger partial charge in [0.2, 0.25) is 0 Å².